The summed E-state index contributed by atoms with van der Waals surface area (Å²) in [6.45, 7) is 3.02. The van der Waals surface area contributed by atoms with Gasteiger partial charge in [-0.15, -0.1) is 22.0 Å². The second kappa shape index (κ2) is 14.6. The molecule has 258 valence electrons. The van der Waals surface area contributed by atoms with Crippen LogP contribution in [0.15, 0.2) is 45.4 Å². The quantitative estimate of drug-likeness (QED) is 0.0410. The molecule has 0 bridgehead atoms. The largest absolute Gasteiger partial charge is 0.477 e. The molecule has 1 aromatic heterocycles. The van der Waals surface area contributed by atoms with Gasteiger partial charge in [-0.2, -0.15) is 0 Å². The predicted octanol–water partition coefficient (Wildman–Crippen LogP) is -0.491. The minimum atomic E-state index is -2.12. The van der Waals surface area contributed by atoms with E-state index in [1.54, 1.807) is 6.92 Å². The third kappa shape index (κ3) is 6.94. The molecule has 0 aliphatic carbocycles. The Kier molecular flexibility index (Phi) is 10.5. The number of aromatic nitrogens is 2. The first kappa shape index (κ1) is 35.3. The number of piperazine rings is 1. The van der Waals surface area contributed by atoms with Crippen LogP contribution in [0.1, 0.15) is 25.5 Å². The number of urea groups is 1. The zero-order valence-corrected chi connectivity index (χ0v) is 28.2. The summed E-state index contributed by atoms with van der Waals surface area (Å²) < 4.78 is 5.63. The molecule has 3 aliphatic rings. The van der Waals surface area contributed by atoms with Crippen molar-refractivity contribution in [1.29, 1.82) is 0 Å². The number of imide groups is 1. The molecule has 2 fully saturated rings. The molecule has 0 spiro atoms. The minimum absolute atomic E-state index is 0.0681. The van der Waals surface area contributed by atoms with Crippen molar-refractivity contribution in [3.8, 4) is 5.75 Å². The highest BCUT2D eigenvalue weighted by molar-refractivity contribution is 8.01. The number of amides is 7. The number of nitrogens with one attached hydrogen (secondary N) is 3. The molecule has 18 nitrogen and oxygen atoms in total. The molecule has 1 unspecified atom stereocenters. The smallest absolute Gasteiger partial charge is 0.352 e. The molecule has 0 radical (unpaired) electrons. The molecular weight excluding hydrogens is 705 g/mol. The van der Waals surface area contributed by atoms with Crippen molar-refractivity contribution in [3.63, 3.8) is 0 Å². The third-order valence-electron chi connectivity index (χ3n) is 7.61. The standard InChI is InChI=1S/C28H28N8O10S3/c1-3-34-8-9-35(22(41)21(34)40)26(45)31-18(15-4-6-17(7-5-15)46-14(2)38)20(39)32-28(29-12-37)24(44)36-19(23(42)43)16(10-47-25(28)36)11-48-27-33-30-13-49-27/h4-7,12-13,18,25H,3,8-11H2,1-2H3,(H,29,37)(H,31,45)(H,32,39)(H,42,43)/t18?,25-,28+/m1/s1. The lowest BCUT2D eigenvalue weighted by Gasteiger charge is -2.56. The van der Waals surface area contributed by atoms with Gasteiger partial charge in [0.15, 0.2) is 4.34 Å². The van der Waals surface area contributed by atoms with E-state index in [-0.39, 0.29) is 54.6 Å². The van der Waals surface area contributed by atoms with Crippen LogP contribution in [0.4, 0.5) is 4.79 Å². The Balaban J connectivity index is 1.42. The fourth-order valence-electron chi connectivity index (χ4n) is 5.31. The zero-order valence-electron chi connectivity index (χ0n) is 25.7. The molecule has 49 heavy (non-hydrogen) atoms. The van der Waals surface area contributed by atoms with Crippen LogP contribution >= 0.6 is 34.9 Å². The fourth-order valence-corrected chi connectivity index (χ4v) is 8.37. The van der Waals surface area contributed by atoms with E-state index in [1.165, 1.54) is 64.7 Å². The molecule has 3 aliphatic heterocycles. The first-order valence-corrected chi connectivity index (χ1v) is 17.4. The normalized spacial score (nSPS) is 21.0. The minimum Gasteiger partial charge on any atom is -0.477 e. The highest BCUT2D eigenvalue weighted by atomic mass is 32.2. The number of likely N-dealkylation sites (N-methyl/N-ethyl adjacent to an activating group) is 1. The number of β-lactam (4-membered cyclic amide) rings is 1. The number of ether oxygens (including phenoxy) is 1. The average molecular weight is 733 g/mol. The summed E-state index contributed by atoms with van der Waals surface area (Å²) in [5, 5.41) is 23.9. The number of rotatable bonds is 12. The molecule has 2 saturated heterocycles. The third-order valence-corrected chi connectivity index (χ3v) is 11.0. The van der Waals surface area contributed by atoms with E-state index in [0.29, 0.717) is 14.8 Å². The van der Waals surface area contributed by atoms with Crippen LogP contribution in [0.2, 0.25) is 0 Å². The number of fused-ring (bicyclic) bond motifs is 1. The SMILES string of the molecule is CCN1CCN(C(=O)NC(C(=O)N[C@@]2(NC=O)C(=O)N3C(C(=O)O)=C(CSc4nncs4)CS[C@@H]32)c2ccc(OC(C)=O)cc2)C(=O)C1=O. The van der Waals surface area contributed by atoms with Crippen LogP contribution in [-0.4, -0.2) is 120 Å². The van der Waals surface area contributed by atoms with Gasteiger partial charge >= 0.3 is 29.8 Å². The molecule has 21 heteroatoms. The van der Waals surface area contributed by atoms with E-state index in [4.69, 9.17) is 4.74 Å². The van der Waals surface area contributed by atoms with Crippen LogP contribution in [0.25, 0.3) is 0 Å². The Labute approximate surface area is 290 Å². The van der Waals surface area contributed by atoms with Gasteiger partial charge in [-0.25, -0.2) is 9.59 Å². The number of benzene rings is 1. The van der Waals surface area contributed by atoms with Gasteiger partial charge in [-0.1, -0.05) is 35.2 Å². The van der Waals surface area contributed by atoms with Gasteiger partial charge in [0.1, 0.15) is 28.4 Å². The monoisotopic (exact) mass is 732 g/mol. The van der Waals surface area contributed by atoms with E-state index < -0.39 is 58.7 Å². The van der Waals surface area contributed by atoms with Crippen molar-refractivity contribution in [2.75, 3.05) is 31.1 Å². The number of thioether (sulfide) groups is 2. The van der Waals surface area contributed by atoms with Crippen molar-refractivity contribution in [3.05, 3.63) is 46.6 Å². The lowest BCUT2D eigenvalue weighted by atomic mass is 9.94. The lowest BCUT2D eigenvalue weighted by Crippen LogP contribution is -2.85. The molecular formula is C28H28N8O10S3. The van der Waals surface area contributed by atoms with Crippen molar-refractivity contribution >= 4 is 82.9 Å². The van der Waals surface area contributed by atoms with Crippen LogP contribution in [0.5, 0.6) is 5.75 Å². The van der Waals surface area contributed by atoms with E-state index in [0.717, 1.165) is 16.7 Å². The molecule has 1 aromatic carbocycles. The molecule has 5 rings (SSSR count). The van der Waals surface area contributed by atoms with Crippen molar-refractivity contribution in [1.82, 2.24) is 40.8 Å². The zero-order chi connectivity index (χ0) is 35.5. The summed E-state index contributed by atoms with van der Waals surface area (Å²) in [6, 6.07) is 2.67. The van der Waals surface area contributed by atoms with Gasteiger partial charge in [0.05, 0.1) is 0 Å². The summed E-state index contributed by atoms with van der Waals surface area (Å²) in [7, 11) is 0. The number of carboxylic acids is 1. The maximum absolute atomic E-state index is 14.0. The Morgan fingerprint density at radius 3 is 2.51 bits per heavy atom. The van der Waals surface area contributed by atoms with E-state index >= 15 is 0 Å². The number of aliphatic carboxylic acids is 1. The average Bonchev–Trinajstić information content (AvgIpc) is 3.60. The van der Waals surface area contributed by atoms with Crippen LogP contribution in [-0.2, 0) is 33.6 Å². The Bertz CT molecular complexity index is 1740. The number of hydrogen-bond acceptors (Lipinski definition) is 14. The number of hydrogen-bond donors (Lipinski definition) is 4. The summed E-state index contributed by atoms with van der Waals surface area (Å²) >= 11 is 3.60. The van der Waals surface area contributed by atoms with E-state index in [2.05, 4.69) is 26.1 Å². The molecule has 3 atom stereocenters. The van der Waals surface area contributed by atoms with Gasteiger partial charge in [-0.05, 0) is 30.2 Å². The maximum Gasteiger partial charge on any atom is 0.352 e. The Morgan fingerprint density at radius 2 is 1.90 bits per heavy atom. The fraction of sp³-hybridized carbons (Fsp3) is 0.357. The number of esters is 1. The van der Waals surface area contributed by atoms with Crippen molar-refractivity contribution in [2.24, 2.45) is 0 Å². The van der Waals surface area contributed by atoms with Gasteiger partial charge in [-0.3, -0.25) is 38.6 Å². The van der Waals surface area contributed by atoms with Gasteiger partial charge in [0.25, 0.3) is 5.91 Å². The molecule has 4 N–H and O–H groups in total. The highest BCUT2D eigenvalue weighted by Gasteiger charge is 2.66. The summed E-state index contributed by atoms with van der Waals surface area (Å²) in [6.07, 6.45) is 0.181. The summed E-state index contributed by atoms with van der Waals surface area (Å²) in [5.41, 5.74) is -0.385. The number of carboxylic acid groups (broad SMARTS) is 1. The number of nitrogens with zero attached hydrogens (tertiary/aromatic N) is 5. The highest BCUT2D eigenvalue weighted by Crippen LogP contribution is 2.46. The molecule has 7 amide bonds. The van der Waals surface area contributed by atoms with Crippen LogP contribution in [0, 0.1) is 0 Å². The Hall–Kier alpha value is -5.02. The van der Waals surface area contributed by atoms with Crippen LogP contribution < -0.4 is 20.7 Å². The number of carbonyl (C=O) groups excluding carboxylic acids is 7. The summed E-state index contributed by atoms with van der Waals surface area (Å²) in [4.78, 5) is 105. The summed E-state index contributed by atoms with van der Waals surface area (Å²) in [5.74, 6) is -5.56. The second-order valence-corrected chi connectivity index (χ2v) is 13.7. The van der Waals surface area contributed by atoms with Crippen LogP contribution in [0.3, 0.4) is 0 Å². The van der Waals surface area contributed by atoms with E-state index in [9.17, 15) is 43.5 Å². The van der Waals surface area contributed by atoms with Crippen molar-refractivity contribution in [2.45, 2.75) is 35.3 Å². The second-order valence-electron chi connectivity index (χ2n) is 10.5. The number of carbonyl (C=O) groups is 8. The first-order chi connectivity index (χ1) is 23.4. The lowest BCUT2D eigenvalue weighted by molar-refractivity contribution is -0.163. The topological polar surface area (TPSA) is 238 Å². The predicted molar refractivity (Wildman–Crippen MR) is 171 cm³/mol. The maximum atomic E-state index is 14.0. The molecule has 2 aromatic rings. The van der Waals surface area contributed by atoms with Gasteiger partial charge in [0.2, 0.25) is 18.0 Å². The Morgan fingerprint density at radius 1 is 1.16 bits per heavy atom. The van der Waals surface area contributed by atoms with E-state index in [1.807, 2.05) is 0 Å². The van der Waals surface area contributed by atoms with Gasteiger partial charge in [0, 0.05) is 38.1 Å². The molecule has 4 heterocycles. The molecule has 0 saturated carbocycles. The van der Waals surface area contributed by atoms with Crippen molar-refractivity contribution < 1.29 is 48.2 Å². The first-order valence-electron chi connectivity index (χ1n) is 14.4. The van der Waals surface area contributed by atoms with Gasteiger partial charge < -0.3 is 30.7 Å².